The van der Waals surface area contributed by atoms with Crippen LogP contribution in [0.4, 0.5) is 5.69 Å². The molecule has 142 valence electrons. The Morgan fingerprint density at radius 3 is 2.56 bits per heavy atom. The van der Waals surface area contributed by atoms with E-state index in [9.17, 15) is 9.59 Å². The third kappa shape index (κ3) is 4.39. The fourth-order valence-corrected chi connectivity index (χ4v) is 3.25. The third-order valence-corrected chi connectivity index (χ3v) is 4.72. The second-order valence-electron chi connectivity index (χ2n) is 6.47. The van der Waals surface area contributed by atoms with E-state index < -0.39 is 0 Å². The molecule has 6 heteroatoms. The highest BCUT2D eigenvalue weighted by Crippen LogP contribution is 2.28. The van der Waals surface area contributed by atoms with Gasteiger partial charge in [0.15, 0.2) is 11.5 Å². The van der Waals surface area contributed by atoms with Gasteiger partial charge < -0.3 is 19.7 Å². The molecule has 27 heavy (non-hydrogen) atoms. The van der Waals surface area contributed by atoms with Crippen LogP contribution in [0.1, 0.15) is 12.0 Å². The summed E-state index contributed by atoms with van der Waals surface area (Å²) in [5.74, 6) is 0.934. The van der Waals surface area contributed by atoms with E-state index in [1.54, 1.807) is 19.1 Å². The molecule has 6 nitrogen and oxygen atoms in total. The number of benzene rings is 2. The van der Waals surface area contributed by atoms with E-state index in [1.807, 2.05) is 48.5 Å². The van der Waals surface area contributed by atoms with E-state index in [0.29, 0.717) is 31.0 Å². The summed E-state index contributed by atoms with van der Waals surface area (Å²) >= 11 is 0. The Morgan fingerprint density at radius 2 is 1.85 bits per heavy atom. The lowest BCUT2D eigenvalue weighted by atomic mass is 10.1. The molecule has 0 bridgehead atoms. The van der Waals surface area contributed by atoms with Gasteiger partial charge in [0.25, 0.3) is 0 Å². The summed E-state index contributed by atoms with van der Waals surface area (Å²) < 4.78 is 10.5. The summed E-state index contributed by atoms with van der Waals surface area (Å²) in [5, 5.41) is 2.94. The summed E-state index contributed by atoms with van der Waals surface area (Å²) in [5.41, 5.74) is 1.88. The smallest absolute Gasteiger partial charge is 0.227 e. The predicted molar refractivity (Wildman–Crippen MR) is 103 cm³/mol. The molecule has 0 aromatic heterocycles. The third-order valence-electron chi connectivity index (χ3n) is 4.72. The zero-order valence-corrected chi connectivity index (χ0v) is 15.6. The Labute approximate surface area is 159 Å². The van der Waals surface area contributed by atoms with Crippen LogP contribution in [0.3, 0.4) is 0 Å². The molecule has 1 fully saturated rings. The van der Waals surface area contributed by atoms with E-state index in [1.165, 1.54) is 0 Å². The quantitative estimate of drug-likeness (QED) is 0.815. The van der Waals surface area contributed by atoms with Crippen molar-refractivity contribution in [2.24, 2.45) is 5.92 Å². The minimum atomic E-state index is -0.317. The number of hydrogen-bond donors (Lipinski definition) is 1. The van der Waals surface area contributed by atoms with Crippen molar-refractivity contribution in [3.8, 4) is 11.5 Å². The number of anilines is 1. The van der Waals surface area contributed by atoms with Crippen molar-refractivity contribution in [3.05, 3.63) is 54.1 Å². The van der Waals surface area contributed by atoms with Crippen molar-refractivity contribution >= 4 is 17.5 Å². The first-order valence-corrected chi connectivity index (χ1v) is 8.96. The maximum absolute atomic E-state index is 12.4. The van der Waals surface area contributed by atoms with Crippen LogP contribution < -0.4 is 19.7 Å². The Kier molecular flexibility index (Phi) is 5.96. The molecule has 0 saturated carbocycles. The van der Waals surface area contributed by atoms with Crippen molar-refractivity contribution in [1.82, 2.24) is 5.32 Å². The number of rotatable bonds is 7. The average Bonchev–Trinajstić information content (AvgIpc) is 3.10. The van der Waals surface area contributed by atoms with E-state index in [-0.39, 0.29) is 24.2 Å². The first-order valence-electron chi connectivity index (χ1n) is 8.96. The van der Waals surface area contributed by atoms with Gasteiger partial charge in [0.2, 0.25) is 11.8 Å². The minimum absolute atomic E-state index is 0.0127. The number of methoxy groups -OCH3 is 2. The lowest BCUT2D eigenvalue weighted by Crippen LogP contribution is -2.34. The SMILES string of the molecule is COc1ccc(CCNC(=O)[C@H]2CC(=O)N(c3ccccc3)C2)cc1OC. The molecule has 0 unspecified atom stereocenters. The number of nitrogens with zero attached hydrogens (tertiary/aromatic N) is 1. The number of para-hydroxylation sites is 1. The maximum atomic E-state index is 12.4. The van der Waals surface area contributed by atoms with E-state index in [4.69, 9.17) is 9.47 Å². The molecule has 2 amide bonds. The number of amides is 2. The first kappa shape index (κ1) is 18.8. The molecule has 1 saturated heterocycles. The van der Waals surface area contributed by atoms with Crippen molar-refractivity contribution in [2.75, 3.05) is 32.2 Å². The topological polar surface area (TPSA) is 67.9 Å². The molecule has 1 aliphatic rings. The van der Waals surface area contributed by atoms with Crippen LogP contribution >= 0.6 is 0 Å². The molecule has 0 radical (unpaired) electrons. The monoisotopic (exact) mass is 368 g/mol. The van der Waals surface area contributed by atoms with Gasteiger partial charge in [-0.05, 0) is 36.2 Å². The summed E-state index contributed by atoms with van der Waals surface area (Å²) in [6, 6.07) is 15.2. The molecule has 0 aliphatic carbocycles. The number of ether oxygens (including phenoxy) is 2. The number of hydrogen-bond acceptors (Lipinski definition) is 4. The minimum Gasteiger partial charge on any atom is -0.493 e. The largest absolute Gasteiger partial charge is 0.493 e. The Bertz CT molecular complexity index is 807. The van der Waals surface area contributed by atoms with Gasteiger partial charge in [-0.3, -0.25) is 9.59 Å². The van der Waals surface area contributed by atoms with Crippen LogP contribution in [0.5, 0.6) is 11.5 Å². The van der Waals surface area contributed by atoms with E-state index in [2.05, 4.69) is 5.32 Å². The molecular formula is C21H24N2O4. The Morgan fingerprint density at radius 1 is 1.11 bits per heavy atom. The zero-order chi connectivity index (χ0) is 19.2. The molecule has 0 spiro atoms. The lowest BCUT2D eigenvalue weighted by molar-refractivity contribution is -0.126. The normalized spacial score (nSPS) is 16.3. The summed E-state index contributed by atoms with van der Waals surface area (Å²) in [4.78, 5) is 26.4. The van der Waals surface area contributed by atoms with Crippen molar-refractivity contribution in [3.63, 3.8) is 0 Å². The van der Waals surface area contributed by atoms with Crippen LogP contribution in [-0.4, -0.2) is 39.1 Å². The Hall–Kier alpha value is -3.02. The van der Waals surface area contributed by atoms with Gasteiger partial charge in [0.05, 0.1) is 20.1 Å². The summed E-state index contributed by atoms with van der Waals surface area (Å²) in [6.45, 7) is 0.926. The highest BCUT2D eigenvalue weighted by Gasteiger charge is 2.34. The predicted octanol–water partition coefficient (Wildman–Crippen LogP) is 2.42. The molecular weight excluding hydrogens is 344 g/mol. The van der Waals surface area contributed by atoms with Gasteiger partial charge in [-0.2, -0.15) is 0 Å². The molecule has 1 atom stereocenters. The van der Waals surface area contributed by atoms with Crippen LogP contribution in [0.15, 0.2) is 48.5 Å². The fourth-order valence-electron chi connectivity index (χ4n) is 3.25. The van der Waals surface area contributed by atoms with Crippen LogP contribution in [0.25, 0.3) is 0 Å². The summed E-state index contributed by atoms with van der Waals surface area (Å²) in [7, 11) is 3.19. The highest BCUT2D eigenvalue weighted by molar-refractivity contribution is 6.00. The van der Waals surface area contributed by atoms with Gasteiger partial charge in [0, 0.05) is 25.2 Å². The molecule has 1 heterocycles. The Balaban J connectivity index is 1.52. The van der Waals surface area contributed by atoms with Gasteiger partial charge in [0.1, 0.15) is 0 Å². The van der Waals surface area contributed by atoms with Gasteiger partial charge in [-0.25, -0.2) is 0 Å². The van der Waals surface area contributed by atoms with Crippen LogP contribution in [-0.2, 0) is 16.0 Å². The van der Waals surface area contributed by atoms with Gasteiger partial charge in [-0.1, -0.05) is 24.3 Å². The zero-order valence-electron chi connectivity index (χ0n) is 15.6. The molecule has 2 aromatic rings. The second-order valence-corrected chi connectivity index (χ2v) is 6.47. The number of nitrogens with one attached hydrogen (secondary N) is 1. The van der Waals surface area contributed by atoms with Gasteiger partial charge in [-0.15, -0.1) is 0 Å². The molecule has 3 rings (SSSR count). The molecule has 2 aromatic carbocycles. The van der Waals surface area contributed by atoms with E-state index >= 15 is 0 Å². The highest BCUT2D eigenvalue weighted by atomic mass is 16.5. The maximum Gasteiger partial charge on any atom is 0.227 e. The average molecular weight is 368 g/mol. The van der Waals surface area contributed by atoms with Crippen molar-refractivity contribution in [2.45, 2.75) is 12.8 Å². The van der Waals surface area contributed by atoms with Gasteiger partial charge >= 0.3 is 0 Å². The first-order chi connectivity index (χ1) is 13.1. The fraction of sp³-hybridized carbons (Fsp3) is 0.333. The molecule has 1 N–H and O–H groups in total. The number of carbonyl (C=O) groups excluding carboxylic acids is 2. The number of carbonyl (C=O) groups is 2. The van der Waals surface area contributed by atoms with Crippen molar-refractivity contribution in [1.29, 1.82) is 0 Å². The van der Waals surface area contributed by atoms with Crippen LogP contribution in [0.2, 0.25) is 0 Å². The standard InChI is InChI=1S/C21H24N2O4/c1-26-18-9-8-15(12-19(18)27-2)10-11-22-21(25)16-13-20(24)23(14-16)17-6-4-3-5-7-17/h3-9,12,16H,10-11,13-14H2,1-2H3,(H,22,25)/t16-/m0/s1. The van der Waals surface area contributed by atoms with Crippen LogP contribution in [0, 0.1) is 5.92 Å². The van der Waals surface area contributed by atoms with Crippen molar-refractivity contribution < 1.29 is 19.1 Å². The second kappa shape index (κ2) is 8.58. The summed E-state index contributed by atoms with van der Waals surface area (Å²) in [6.07, 6.45) is 0.923. The van der Waals surface area contributed by atoms with E-state index in [0.717, 1.165) is 11.3 Å². The molecule has 1 aliphatic heterocycles. The lowest BCUT2D eigenvalue weighted by Gasteiger charge is -2.16.